The average molecular weight is 421 g/mol. The lowest BCUT2D eigenvalue weighted by Crippen LogP contribution is -2.21. The molecule has 0 saturated carbocycles. The standard InChI is InChI=1S/C19H19NO8S/c1-10-5-6-12(28-10)7-8-14(22)27-9-13(21)20-17-15(18(23)25-3)11(2)16(29-17)19(24)26-4/h5-8H,9H2,1-4H3,(H,20,21). The molecule has 1 amide bonds. The minimum atomic E-state index is -0.750. The van der Waals surface area contributed by atoms with Crippen molar-refractivity contribution in [1.82, 2.24) is 0 Å². The Morgan fingerprint density at radius 3 is 2.38 bits per heavy atom. The largest absolute Gasteiger partial charge is 0.465 e. The molecule has 0 spiro atoms. The number of hydrogen-bond donors (Lipinski definition) is 1. The highest BCUT2D eigenvalue weighted by molar-refractivity contribution is 7.18. The van der Waals surface area contributed by atoms with Gasteiger partial charge in [0.2, 0.25) is 0 Å². The molecule has 0 fully saturated rings. The van der Waals surface area contributed by atoms with E-state index in [1.165, 1.54) is 27.2 Å². The number of ether oxygens (including phenoxy) is 3. The van der Waals surface area contributed by atoms with Crippen molar-refractivity contribution >= 4 is 46.2 Å². The van der Waals surface area contributed by atoms with Gasteiger partial charge in [0, 0.05) is 6.08 Å². The quantitative estimate of drug-likeness (QED) is 0.411. The van der Waals surface area contributed by atoms with Gasteiger partial charge in [-0.1, -0.05) is 0 Å². The van der Waals surface area contributed by atoms with Crippen molar-refractivity contribution in [3.63, 3.8) is 0 Å². The predicted octanol–water partition coefficient (Wildman–Crippen LogP) is 2.73. The Morgan fingerprint density at radius 1 is 1.10 bits per heavy atom. The number of amides is 1. The van der Waals surface area contributed by atoms with Crippen molar-refractivity contribution in [3.05, 3.63) is 45.7 Å². The van der Waals surface area contributed by atoms with Crippen LogP contribution in [-0.4, -0.2) is 44.6 Å². The van der Waals surface area contributed by atoms with Crippen molar-refractivity contribution in [3.8, 4) is 0 Å². The highest BCUT2D eigenvalue weighted by Crippen LogP contribution is 2.34. The molecule has 1 N–H and O–H groups in total. The number of hydrogen-bond acceptors (Lipinski definition) is 9. The Morgan fingerprint density at radius 2 is 1.79 bits per heavy atom. The predicted molar refractivity (Wildman–Crippen MR) is 104 cm³/mol. The second-order valence-electron chi connectivity index (χ2n) is 5.68. The zero-order valence-corrected chi connectivity index (χ0v) is 17.0. The Kier molecular flexibility index (Phi) is 7.32. The molecule has 0 radical (unpaired) electrons. The molecule has 9 nitrogen and oxygen atoms in total. The summed E-state index contributed by atoms with van der Waals surface area (Å²) in [5.74, 6) is -1.66. The third-order valence-electron chi connectivity index (χ3n) is 3.65. The number of esters is 3. The molecule has 2 aromatic rings. The van der Waals surface area contributed by atoms with Crippen LogP contribution in [0.25, 0.3) is 6.08 Å². The van der Waals surface area contributed by atoms with Crippen LogP contribution in [-0.2, 0) is 23.8 Å². The van der Waals surface area contributed by atoms with Crippen molar-refractivity contribution < 1.29 is 37.8 Å². The molecule has 0 aromatic carbocycles. The number of methoxy groups -OCH3 is 2. The first-order valence-corrected chi connectivity index (χ1v) is 9.09. The summed E-state index contributed by atoms with van der Waals surface area (Å²) in [5.41, 5.74) is 0.350. The van der Waals surface area contributed by atoms with Gasteiger partial charge in [-0.15, -0.1) is 11.3 Å². The number of thiophene rings is 1. The zero-order chi connectivity index (χ0) is 21.6. The third-order valence-corrected chi connectivity index (χ3v) is 4.84. The van der Waals surface area contributed by atoms with Crippen LogP contribution in [0.3, 0.4) is 0 Å². The minimum Gasteiger partial charge on any atom is -0.465 e. The normalized spacial score (nSPS) is 10.6. The van der Waals surface area contributed by atoms with Crippen LogP contribution < -0.4 is 5.32 Å². The fourth-order valence-corrected chi connectivity index (χ4v) is 3.41. The summed E-state index contributed by atoms with van der Waals surface area (Å²) in [5, 5.41) is 2.54. The van der Waals surface area contributed by atoms with Gasteiger partial charge >= 0.3 is 17.9 Å². The van der Waals surface area contributed by atoms with E-state index in [-0.39, 0.29) is 15.4 Å². The van der Waals surface area contributed by atoms with Gasteiger partial charge in [0.15, 0.2) is 6.61 Å². The number of aryl methyl sites for hydroxylation is 1. The molecule has 29 heavy (non-hydrogen) atoms. The number of anilines is 1. The van der Waals surface area contributed by atoms with Gasteiger partial charge in [0.25, 0.3) is 5.91 Å². The summed E-state index contributed by atoms with van der Waals surface area (Å²) < 4.78 is 19.5. The molecule has 0 aliphatic rings. The molecular weight excluding hydrogens is 402 g/mol. The Balaban J connectivity index is 2.04. The van der Waals surface area contributed by atoms with Gasteiger partial charge in [-0.05, 0) is 37.6 Å². The molecule has 0 saturated heterocycles. The summed E-state index contributed by atoms with van der Waals surface area (Å²) in [6, 6.07) is 3.42. The van der Waals surface area contributed by atoms with Crippen LogP contribution in [0.1, 0.15) is 37.1 Å². The van der Waals surface area contributed by atoms with Gasteiger partial charge in [-0.3, -0.25) is 4.79 Å². The molecule has 2 heterocycles. The number of carbonyl (C=O) groups excluding carboxylic acids is 4. The molecule has 0 atom stereocenters. The van der Waals surface area contributed by atoms with Crippen LogP contribution in [0.5, 0.6) is 0 Å². The zero-order valence-electron chi connectivity index (χ0n) is 16.2. The second kappa shape index (κ2) is 9.69. The van der Waals surface area contributed by atoms with Gasteiger partial charge in [-0.2, -0.15) is 0 Å². The van der Waals surface area contributed by atoms with E-state index >= 15 is 0 Å². The first-order chi connectivity index (χ1) is 13.8. The smallest absolute Gasteiger partial charge is 0.348 e. The van der Waals surface area contributed by atoms with Crippen LogP contribution in [0.4, 0.5) is 5.00 Å². The lowest BCUT2D eigenvalue weighted by atomic mass is 10.1. The fourth-order valence-electron chi connectivity index (χ4n) is 2.28. The van der Waals surface area contributed by atoms with Gasteiger partial charge < -0.3 is 23.9 Å². The summed E-state index contributed by atoms with van der Waals surface area (Å²) in [6.07, 6.45) is 2.53. The van der Waals surface area contributed by atoms with Crippen LogP contribution in [0, 0.1) is 13.8 Å². The first-order valence-electron chi connectivity index (χ1n) is 8.28. The van der Waals surface area contributed by atoms with Crippen molar-refractivity contribution in [1.29, 1.82) is 0 Å². The molecule has 2 aromatic heterocycles. The summed E-state index contributed by atoms with van der Waals surface area (Å²) in [4.78, 5) is 47.9. The first kappa shape index (κ1) is 21.9. The summed E-state index contributed by atoms with van der Waals surface area (Å²) in [7, 11) is 2.38. The molecule has 0 aliphatic carbocycles. The Bertz CT molecular complexity index is 969. The van der Waals surface area contributed by atoms with Crippen LogP contribution in [0.15, 0.2) is 22.6 Å². The maximum atomic E-state index is 12.1. The van der Waals surface area contributed by atoms with E-state index in [1.54, 1.807) is 19.1 Å². The van der Waals surface area contributed by atoms with Crippen molar-refractivity contribution in [2.45, 2.75) is 13.8 Å². The van der Waals surface area contributed by atoms with E-state index in [1.807, 2.05) is 0 Å². The number of furan rings is 1. The Hall–Kier alpha value is -3.40. The minimum absolute atomic E-state index is 0.0330. The summed E-state index contributed by atoms with van der Waals surface area (Å²) in [6.45, 7) is 2.71. The maximum Gasteiger partial charge on any atom is 0.348 e. The molecule has 2 rings (SSSR count). The lowest BCUT2D eigenvalue weighted by Gasteiger charge is -2.06. The Labute approximate surface area is 170 Å². The van der Waals surface area contributed by atoms with Crippen molar-refractivity contribution in [2.24, 2.45) is 0 Å². The molecule has 10 heteroatoms. The van der Waals surface area contributed by atoms with Gasteiger partial charge in [-0.25, -0.2) is 14.4 Å². The van der Waals surface area contributed by atoms with E-state index in [0.717, 1.165) is 17.4 Å². The highest BCUT2D eigenvalue weighted by Gasteiger charge is 2.26. The van der Waals surface area contributed by atoms with E-state index in [9.17, 15) is 19.2 Å². The average Bonchev–Trinajstić information content (AvgIpc) is 3.26. The van der Waals surface area contributed by atoms with Crippen LogP contribution in [0.2, 0.25) is 0 Å². The number of nitrogens with one attached hydrogen (secondary N) is 1. The summed E-state index contributed by atoms with van der Waals surface area (Å²) >= 11 is 0.861. The second-order valence-corrected chi connectivity index (χ2v) is 6.70. The SMILES string of the molecule is COC(=O)c1sc(NC(=O)COC(=O)C=Cc2ccc(C)o2)c(C(=O)OC)c1C. The maximum absolute atomic E-state index is 12.1. The molecule has 0 unspecified atom stereocenters. The fraction of sp³-hybridized carbons (Fsp3) is 0.263. The molecule has 154 valence electrons. The van der Waals surface area contributed by atoms with E-state index in [4.69, 9.17) is 13.9 Å². The van der Waals surface area contributed by atoms with E-state index < -0.39 is 30.4 Å². The molecular formula is C19H19NO8S. The van der Waals surface area contributed by atoms with Gasteiger partial charge in [0.1, 0.15) is 21.4 Å². The third kappa shape index (κ3) is 5.55. The molecule has 0 bridgehead atoms. The topological polar surface area (TPSA) is 121 Å². The van der Waals surface area contributed by atoms with E-state index in [0.29, 0.717) is 17.1 Å². The monoisotopic (exact) mass is 421 g/mol. The van der Waals surface area contributed by atoms with Crippen LogP contribution >= 0.6 is 11.3 Å². The number of rotatable bonds is 7. The lowest BCUT2D eigenvalue weighted by molar-refractivity contribution is -0.142. The number of carbonyl (C=O) groups is 4. The van der Waals surface area contributed by atoms with Crippen molar-refractivity contribution in [2.75, 3.05) is 26.1 Å². The van der Waals surface area contributed by atoms with Gasteiger partial charge in [0.05, 0.1) is 19.8 Å². The van der Waals surface area contributed by atoms with E-state index in [2.05, 4.69) is 10.1 Å². The highest BCUT2D eigenvalue weighted by atomic mass is 32.1. The molecule has 0 aliphatic heterocycles.